The summed E-state index contributed by atoms with van der Waals surface area (Å²) in [5, 5.41) is 4.62. The summed E-state index contributed by atoms with van der Waals surface area (Å²) in [5.74, 6) is 0. The lowest BCUT2D eigenvalue weighted by Crippen LogP contribution is -2.07. The van der Waals surface area contributed by atoms with Crippen LogP contribution in [-0.4, -0.2) is 0 Å². The first kappa shape index (κ1) is 14.7. The average Bonchev–Trinajstić information content (AvgIpc) is 2.36. The van der Waals surface area contributed by atoms with Crippen LogP contribution in [0.2, 0.25) is 10.0 Å². The molecule has 0 aliphatic rings. The van der Waals surface area contributed by atoms with Gasteiger partial charge in [0.15, 0.2) is 0 Å². The predicted molar refractivity (Wildman–Crippen MR) is 87.4 cm³/mol. The van der Waals surface area contributed by atoms with E-state index in [0.717, 1.165) is 15.7 Å². The maximum Gasteiger partial charge on any atom is 0.0644 e. The van der Waals surface area contributed by atoms with E-state index in [2.05, 4.69) is 47.2 Å². The van der Waals surface area contributed by atoms with Crippen molar-refractivity contribution in [2.75, 3.05) is 5.32 Å². The van der Waals surface area contributed by atoms with Crippen LogP contribution in [0.5, 0.6) is 0 Å². The molecule has 2 rings (SSSR count). The van der Waals surface area contributed by atoms with Crippen LogP contribution in [0, 0.1) is 6.92 Å². The Hall–Kier alpha value is -0.700. The van der Waals surface area contributed by atoms with Gasteiger partial charge >= 0.3 is 0 Å². The van der Waals surface area contributed by atoms with E-state index in [9.17, 15) is 0 Å². The van der Waals surface area contributed by atoms with Gasteiger partial charge in [-0.3, -0.25) is 0 Å². The highest BCUT2D eigenvalue weighted by molar-refractivity contribution is 9.10. The number of hydrogen-bond acceptors (Lipinski definition) is 1. The summed E-state index contributed by atoms with van der Waals surface area (Å²) in [4.78, 5) is 0. The molecule has 2 aromatic carbocycles. The van der Waals surface area contributed by atoms with E-state index in [4.69, 9.17) is 23.2 Å². The van der Waals surface area contributed by atoms with E-state index in [1.807, 2.05) is 18.2 Å². The molecule has 0 amide bonds. The molecule has 0 spiro atoms. The molecule has 0 aliphatic carbocycles. The minimum atomic E-state index is 0.0743. The zero-order valence-corrected chi connectivity index (χ0v) is 13.8. The molecule has 0 fully saturated rings. The molecule has 1 nitrogen and oxygen atoms in total. The number of rotatable bonds is 3. The lowest BCUT2D eigenvalue weighted by Gasteiger charge is -2.18. The highest BCUT2D eigenvalue weighted by atomic mass is 79.9. The van der Waals surface area contributed by atoms with Gasteiger partial charge in [0.25, 0.3) is 0 Å². The number of anilines is 1. The molecule has 0 radical (unpaired) electrons. The summed E-state index contributed by atoms with van der Waals surface area (Å²) in [5.41, 5.74) is 3.24. The smallest absolute Gasteiger partial charge is 0.0644 e. The fourth-order valence-electron chi connectivity index (χ4n) is 1.90. The second kappa shape index (κ2) is 6.17. The summed E-state index contributed by atoms with van der Waals surface area (Å²) in [6.07, 6.45) is 0. The third kappa shape index (κ3) is 3.44. The van der Waals surface area contributed by atoms with Gasteiger partial charge in [-0.1, -0.05) is 41.4 Å². The molecule has 1 atom stereocenters. The van der Waals surface area contributed by atoms with Gasteiger partial charge in [-0.15, -0.1) is 0 Å². The summed E-state index contributed by atoms with van der Waals surface area (Å²) in [7, 11) is 0. The maximum absolute atomic E-state index is 6.24. The average molecular weight is 359 g/mol. The molecule has 0 heterocycles. The van der Waals surface area contributed by atoms with Crippen LogP contribution in [0.1, 0.15) is 24.1 Å². The Morgan fingerprint density at radius 3 is 2.58 bits per heavy atom. The molecular formula is C15H14BrCl2N. The summed E-state index contributed by atoms with van der Waals surface area (Å²) < 4.78 is 1.04. The SMILES string of the molecule is Cc1ccc(NC(C)c2cccc(Cl)c2Cl)c(Br)c1. The minimum absolute atomic E-state index is 0.0743. The first-order valence-electron chi connectivity index (χ1n) is 5.95. The van der Waals surface area contributed by atoms with Crippen LogP contribution < -0.4 is 5.32 Å². The van der Waals surface area contributed by atoms with Gasteiger partial charge < -0.3 is 5.32 Å². The molecular weight excluding hydrogens is 345 g/mol. The van der Waals surface area contributed by atoms with Gasteiger partial charge in [0.1, 0.15) is 0 Å². The van der Waals surface area contributed by atoms with Gasteiger partial charge in [0.2, 0.25) is 0 Å². The van der Waals surface area contributed by atoms with E-state index in [-0.39, 0.29) is 6.04 Å². The molecule has 0 aliphatic heterocycles. The number of benzene rings is 2. The van der Waals surface area contributed by atoms with Crippen molar-refractivity contribution in [1.29, 1.82) is 0 Å². The summed E-state index contributed by atoms with van der Waals surface area (Å²) in [6.45, 7) is 4.12. The highest BCUT2D eigenvalue weighted by Crippen LogP contribution is 2.33. The third-order valence-electron chi connectivity index (χ3n) is 2.94. The van der Waals surface area contributed by atoms with Gasteiger partial charge in [-0.05, 0) is 59.1 Å². The predicted octanol–water partition coefficient (Wildman–Crippen LogP) is 6.24. The maximum atomic E-state index is 6.24. The van der Waals surface area contributed by atoms with Gasteiger partial charge in [0.05, 0.1) is 16.1 Å². The molecule has 2 aromatic rings. The topological polar surface area (TPSA) is 12.0 Å². The Bertz CT molecular complexity index is 599. The van der Waals surface area contributed by atoms with Gasteiger partial charge in [-0.2, -0.15) is 0 Å². The lowest BCUT2D eigenvalue weighted by molar-refractivity contribution is 0.884. The van der Waals surface area contributed by atoms with Crippen LogP contribution >= 0.6 is 39.1 Å². The standard InChI is InChI=1S/C15H14BrCl2N/c1-9-6-7-14(12(16)8-9)19-10(2)11-4-3-5-13(17)15(11)18/h3-8,10,19H,1-2H3. The van der Waals surface area contributed by atoms with Crippen molar-refractivity contribution in [2.45, 2.75) is 19.9 Å². The van der Waals surface area contributed by atoms with E-state index in [1.165, 1.54) is 5.56 Å². The van der Waals surface area contributed by atoms with Gasteiger partial charge in [-0.25, -0.2) is 0 Å². The van der Waals surface area contributed by atoms with Crippen molar-refractivity contribution < 1.29 is 0 Å². The number of halogens is 3. The number of hydrogen-bond donors (Lipinski definition) is 1. The van der Waals surface area contributed by atoms with Crippen LogP contribution in [0.15, 0.2) is 40.9 Å². The lowest BCUT2D eigenvalue weighted by atomic mass is 10.1. The first-order valence-corrected chi connectivity index (χ1v) is 7.50. The van der Waals surface area contributed by atoms with Crippen molar-refractivity contribution in [3.05, 3.63) is 62.0 Å². The monoisotopic (exact) mass is 357 g/mol. The van der Waals surface area contributed by atoms with E-state index in [1.54, 1.807) is 6.07 Å². The fraction of sp³-hybridized carbons (Fsp3) is 0.200. The van der Waals surface area contributed by atoms with E-state index >= 15 is 0 Å². The number of nitrogens with one attached hydrogen (secondary N) is 1. The Morgan fingerprint density at radius 2 is 1.89 bits per heavy atom. The Labute approximate surface area is 132 Å². The molecule has 0 bridgehead atoms. The molecule has 0 saturated heterocycles. The second-order valence-electron chi connectivity index (χ2n) is 4.49. The van der Waals surface area contributed by atoms with Crippen LogP contribution in [0.25, 0.3) is 0 Å². The summed E-state index contributed by atoms with van der Waals surface area (Å²) >= 11 is 15.8. The molecule has 4 heteroatoms. The van der Waals surface area contributed by atoms with E-state index < -0.39 is 0 Å². The highest BCUT2D eigenvalue weighted by Gasteiger charge is 2.12. The molecule has 1 unspecified atom stereocenters. The van der Waals surface area contributed by atoms with Crippen molar-refractivity contribution >= 4 is 44.8 Å². The Balaban J connectivity index is 2.25. The normalized spacial score (nSPS) is 12.3. The zero-order chi connectivity index (χ0) is 14.0. The molecule has 1 N–H and O–H groups in total. The zero-order valence-electron chi connectivity index (χ0n) is 10.7. The Morgan fingerprint density at radius 1 is 1.16 bits per heavy atom. The largest absolute Gasteiger partial charge is 0.378 e. The molecule has 0 aromatic heterocycles. The van der Waals surface area contributed by atoms with Gasteiger partial charge in [0, 0.05) is 10.2 Å². The molecule has 0 saturated carbocycles. The molecule has 19 heavy (non-hydrogen) atoms. The van der Waals surface area contributed by atoms with Crippen LogP contribution in [-0.2, 0) is 0 Å². The van der Waals surface area contributed by atoms with Crippen LogP contribution in [0.3, 0.4) is 0 Å². The Kier molecular flexibility index (Phi) is 4.77. The van der Waals surface area contributed by atoms with Crippen molar-refractivity contribution in [3.63, 3.8) is 0 Å². The quantitative estimate of drug-likeness (QED) is 0.684. The van der Waals surface area contributed by atoms with Crippen molar-refractivity contribution in [1.82, 2.24) is 0 Å². The molecule has 100 valence electrons. The number of aryl methyl sites for hydroxylation is 1. The second-order valence-corrected chi connectivity index (χ2v) is 6.13. The van der Waals surface area contributed by atoms with Crippen molar-refractivity contribution in [3.8, 4) is 0 Å². The van der Waals surface area contributed by atoms with Crippen LogP contribution in [0.4, 0.5) is 5.69 Å². The van der Waals surface area contributed by atoms with E-state index in [0.29, 0.717) is 10.0 Å². The third-order valence-corrected chi connectivity index (χ3v) is 4.43. The van der Waals surface area contributed by atoms with Crippen molar-refractivity contribution in [2.24, 2.45) is 0 Å². The first-order chi connectivity index (χ1) is 8.99. The minimum Gasteiger partial charge on any atom is -0.378 e. The fourth-order valence-corrected chi connectivity index (χ4v) is 2.98. The summed E-state index contributed by atoms with van der Waals surface area (Å²) in [6, 6.07) is 12.0.